The number of ether oxygens (including phenoxy) is 2. The van der Waals surface area contributed by atoms with E-state index in [1.807, 2.05) is 0 Å². The molecule has 0 fully saturated rings. The summed E-state index contributed by atoms with van der Waals surface area (Å²) in [5.41, 5.74) is -0.287. The molecule has 2 aromatic heterocycles. The fourth-order valence-electron chi connectivity index (χ4n) is 2.21. The van der Waals surface area contributed by atoms with E-state index in [-0.39, 0.29) is 23.3 Å². The molecule has 0 aliphatic rings. The molecule has 2 heterocycles. The van der Waals surface area contributed by atoms with Crippen LogP contribution in [-0.2, 0) is 12.4 Å². The summed E-state index contributed by atoms with van der Waals surface area (Å²) in [5, 5.41) is 1.18. The zero-order valence-corrected chi connectivity index (χ0v) is 14.9. The number of alkyl halides is 6. The summed E-state index contributed by atoms with van der Waals surface area (Å²) in [4.78, 5) is 3.16. The van der Waals surface area contributed by atoms with E-state index in [1.165, 1.54) is 29.6 Å². The van der Waals surface area contributed by atoms with E-state index in [2.05, 4.69) is 4.98 Å². The van der Waals surface area contributed by atoms with E-state index < -0.39 is 22.8 Å². The van der Waals surface area contributed by atoms with Crippen molar-refractivity contribution in [2.75, 3.05) is 0 Å². The number of pyridine rings is 1. The van der Waals surface area contributed by atoms with Crippen LogP contribution in [0.2, 0.25) is 0 Å². The molecular formula is C18H11F6NO2S. The van der Waals surface area contributed by atoms with Gasteiger partial charge >= 0.3 is 12.4 Å². The molecule has 3 nitrogen and oxygen atoms in total. The van der Waals surface area contributed by atoms with Crippen LogP contribution in [0.4, 0.5) is 26.3 Å². The first-order valence-corrected chi connectivity index (χ1v) is 8.56. The van der Waals surface area contributed by atoms with Gasteiger partial charge in [-0.05, 0) is 30.7 Å². The van der Waals surface area contributed by atoms with Crippen molar-refractivity contribution in [3.8, 4) is 23.3 Å². The average molecular weight is 419 g/mol. The summed E-state index contributed by atoms with van der Waals surface area (Å²) in [7, 11) is 0. The van der Waals surface area contributed by atoms with Crippen LogP contribution < -0.4 is 9.47 Å². The lowest BCUT2D eigenvalue weighted by molar-refractivity contribution is -0.137. The molecule has 0 saturated carbocycles. The highest BCUT2D eigenvalue weighted by Crippen LogP contribution is 2.38. The summed E-state index contributed by atoms with van der Waals surface area (Å²) in [6.45, 7) is 1.66. The van der Waals surface area contributed by atoms with Crippen LogP contribution >= 0.6 is 11.3 Å². The van der Waals surface area contributed by atoms with Crippen molar-refractivity contribution in [2.45, 2.75) is 19.3 Å². The third-order valence-corrected chi connectivity index (χ3v) is 4.34. The van der Waals surface area contributed by atoms with Gasteiger partial charge in [0.2, 0.25) is 11.8 Å². The van der Waals surface area contributed by atoms with Gasteiger partial charge in [-0.2, -0.15) is 31.3 Å². The number of halogens is 6. The van der Waals surface area contributed by atoms with Gasteiger partial charge in [0.05, 0.1) is 5.56 Å². The molecule has 0 spiro atoms. The number of hydrogen-bond acceptors (Lipinski definition) is 4. The van der Waals surface area contributed by atoms with Gasteiger partial charge in [-0.3, -0.25) is 0 Å². The molecule has 0 aliphatic carbocycles. The molecule has 0 amide bonds. The fraction of sp³-hybridized carbons (Fsp3) is 0.167. The van der Waals surface area contributed by atoms with Gasteiger partial charge in [0.15, 0.2) is 0 Å². The van der Waals surface area contributed by atoms with Crippen LogP contribution in [0.1, 0.15) is 16.0 Å². The molecule has 148 valence electrons. The Labute approximate surface area is 159 Å². The molecule has 3 rings (SSSR count). The van der Waals surface area contributed by atoms with Gasteiger partial charge in [0.1, 0.15) is 16.4 Å². The minimum absolute atomic E-state index is 0.0477. The highest BCUT2D eigenvalue weighted by Gasteiger charge is 2.33. The molecule has 0 aliphatic heterocycles. The van der Waals surface area contributed by atoms with Crippen molar-refractivity contribution in [1.82, 2.24) is 4.98 Å². The Kier molecular flexibility index (Phi) is 5.24. The Morgan fingerprint density at radius 3 is 2.04 bits per heavy atom. The second kappa shape index (κ2) is 7.34. The smallest absolute Gasteiger partial charge is 0.425 e. The number of benzene rings is 1. The Morgan fingerprint density at radius 1 is 0.821 bits per heavy atom. The molecular weight excluding hydrogens is 408 g/mol. The third-order valence-electron chi connectivity index (χ3n) is 3.38. The first kappa shape index (κ1) is 20.0. The Balaban J connectivity index is 1.81. The topological polar surface area (TPSA) is 31.4 Å². The van der Waals surface area contributed by atoms with E-state index in [1.54, 1.807) is 6.92 Å². The largest absolute Gasteiger partial charge is 0.439 e. The number of nitrogens with zero attached hydrogens (tertiary/aromatic N) is 1. The lowest BCUT2D eigenvalue weighted by atomic mass is 10.2. The summed E-state index contributed by atoms with van der Waals surface area (Å²) >= 11 is 0.475. The standard InChI is InChI=1S/C18H11F6NO2S/c1-10-5-15(26-12-4-2-3-11(7-12)17(19,20)21)25-16(6-10)27-13-8-14(28-9-13)18(22,23)24/h2-9H,1H3. The van der Waals surface area contributed by atoms with Gasteiger partial charge < -0.3 is 9.47 Å². The Bertz CT molecular complexity index is 981. The van der Waals surface area contributed by atoms with Crippen LogP contribution in [0.3, 0.4) is 0 Å². The monoisotopic (exact) mass is 419 g/mol. The van der Waals surface area contributed by atoms with Crippen molar-refractivity contribution >= 4 is 11.3 Å². The zero-order valence-electron chi connectivity index (χ0n) is 14.1. The molecule has 0 N–H and O–H groups in total. The summed E-state index contributed by atoms with van der Waals surface area (Å²) in [6, 6.07) is 8.00. The van der Waals surface area contributed by atoms with Crippen molar-refractivity contribution in [2.24, 2.45) is 0 Å². The van der Waals surface area contributed by atoms with Gasteiger partial charge in [0.25, 0.3) is 0 Å². The van der Waals surface area contributed by atoms with Crippen LogP contribution in [0, 0.1) is 6.92 Å². The lowest BCUT2D eigenvalue weighted by Gasteiger charge is -2.11. The molecule has 0 unspecified atom stereocenters. The predicted molar refractivity (Wildman–Crippen MR) is 89.9 cm³/mol. The highest BCUT2D eigenvalue weighted by atomic mass is 32.1. The van der Waals surface area contributed by atoms with Gasteiger partial charge in [0, 0.05) is 23.6 Å². The van der Waals surface area contributed by atoms with Crippen LogP contribution in [-0.4, -0.2) is 4.98 Å². The Morgan fingerprint density at radius 2 is 1.46 bits per heavy atom. The van der Waals surface area contributed by atoms with Gasteiger partial charge in [-0.25, -0.2) is 0 Å². The van der Waals surface area contributed by atoms with E-state index in [0.717, 1.165) is 18.2 Å². The molecule has 3 aromatic rings. The van der Waals surface area contributed by atoms with Crippen molar-refractivity contribution in [1.29, 1.82) is 0 Å². The molecule has 0 atom stereocenters. The maximum Gasteiger partial charge on any atom is 0.425 e. The second-order valence-corrected chi connectivity index (χ2v) is 6.61. The van der Waals surface area contributed by atoms with Crippen molar-refractivity contribution in [3.05, 3.63) is 63.8 Å². The fourth-order valence-corrected chi connectivity index (χ4v) is 2.88. The van der Waals surface area contributed by atoms with Crippen LogP contribution in [0.25, 0.3) is 0 Å². The van der Waals surface area contributed by atoms with E-state index in [0.29, 0.717) is 16.9 Å². The number of rotatable bonds is 4. The van der Waals surface area contributed by atoms with Crippen LogP contribution in [0.5, 0.6) is 23.3 Å². The molecule has 10 heteroatoms. The van der Waals surface area contributed by atoms with Crippen molar-refractivity contribution < 1.29 is 35.8 Å². The number of aryl methyl sites for hydroxylation is 1. The molecule has 0 bridgehead atoms. The third kappa shape index (κ3) is 4.94. The number of thiophene rings is 1. The Hall–Kier alpha value is -2.75. The number of aromatic nitrogens is 1. The second-order valence-electron chi connectivity index (χ2n) is 5.70. The molecule has 1 aromatic carbocycles. The molecule has 28 heavy (non-hydrogen) atoms. The highest BCUT2D eigenvalue weighted by molar-refractivity contribution is 7.10. The zero-order chi connectivity index (χ0) is 20.5. The van der Waals surface area contributed by atoms with Crippen molar-refractivity contribution in [3.63, 3.8) is 0 Å². The first-order valence-electron chi connectivity index (χ1n) is 7.68. The predicted octanol–water partition coefficient (Wildman–Crippen LogP) is 7.07. The minimum Gasteiger partial charge on any atom is -0.439 e. The van der Waals surface area contributed by atoms with E-state index in [4.69, 9.17) is 9.47 Å². The molecule has 0 radical (unpaired) electrons. The minimum atomic E-state index is -4.52. The maximum atomic E-state index is 12.8. The van der Waals surface area contributed by atoms with Crippen LogP contribution in [0.15, 0.2) is 47.8 Å². The summed E-state index contributed by atoms with van der Waals surface area (Å²) < 4.78 is 87.1. The summed E-state index contributed by atoms with van der Waals surface area (Å²) in [6.07, 6.45) is -9.01. The average Bonchev–Trinajstić information content (AvgIpc) is 3.02. The lowest BCUT2D eigenvalue weighted by Crippen LogP contribution is -2.04. The normalized spacial score (nSPS) is 12.1. The van der Waals surface area contributed by atoms with E-state index in [9.17, 15) is 26.3 Å². The number of hydrogen-bond donors (Lipinski definition) is 0. The van der Waals surface area contributed by atoms with E-state index >= 15 is 0 Å². The van der Waals surface area contributed by atoms with Gasteiger partial charge in [-0.15, -0.1) is 11.3 Å². The first-order chi connectivity index (χ1) is 13.0. The quantitative estimate of drug-likeness (QED) is 0.424. The summed E-state index contributed by atoms with van der Waals surface area (Å²) in [5.74, 6) is -0.247. The molecule has 0 saturated heterocycles. The SMILES string of the molecule is Cc1cc(Oc2cccc(C(F)(F)F)c2)nc(Oc2csc(C(F)(F)F)c2)c1. The maximum absolute atomic E-state index is 12.8. The van der Waals surface area contributed by atoms with Gasteiger partial charge in [-0.1, -0.05) is 6.07 Å².